The van der Waals surface area contributed by atoms with E-state index in [4.69, 9.17) is 23.9 Å². The van der Waals surface area contributed by atoms with Gasteiger partial charge in [0.25, 0.3) is 0 Å². The smallest absolute Gasteiger partial charge is 0.229 e. The molecule has 2 spiro atoms. The van der Waals surface area contributed by atoms with Crippen LogP contribution in [0.25, 0.3) is 21.5 Å². The molecule has 6 nitrogen and oxygen atoms in total. The third-order valence-corrected chi connectivity index (χ3v) is 9.25. The van der Waals surface area contributed by atoms with Gasteiger partial charge in [-0.15, -0.1) is 0 Å². The molecule has 41 heavy (non-hydrogen) atoms. The zero-order chi connectivity index (χ0) is 27.7. The lowest BCUT2D eigenvalue weighted by Gasteiger charge is -2.51. The van der Waals surface area contributed by atoms with Gasteiger partial charge in [0.1, 0.15) is 5.69 Å². The van der Waals surface area contributed by atoms with Gasteiger partial charge >= 0.3 is 0 Å². The third-order valence-electron chi connectivity index (χ3n) is 9.25. The molecule has 0 saturated heterocycles. The Kier molecular flexibility index (Phi) is 7.15. The van der Waals surface area contributed by atoms with Crippen LogP contribution in [-0.2, 0) is 19.6 Å². The second kappa shape index (κ2) is 11.1. The van der Waals surface area contributed by atoms with Crippen molar-refractivity contribution in [2.24, 2.45) is 4.99 Å². The normalized spacial score (nSPS) is 20.6. The first-order chi connectivity index (χ1) is 20.3. The van der Waals surface area contributed by atoms with E-state index in [0.29, 0.717) is 39.6 Å². The first kappa shape index (κ1) is 26.4. The number of aliphatic imine (C=N–C) groups is 1. The number of anilines is 1. The topological polar surface area (TPSA) is 52.5 Å². The number of para-hydroxylation sites is 1. The Morgan fingerprint density at radius 2 is 1.37 bits per heavy atom. The lowest BCUT2D eigenvalue weighted by molar-refractivity contribution is 0.0158. The van der Waals surface area contributed by atoms with Crippen molar-refractivity contribution in [1.82, 2.24) is 0 Å². The van der Waals surface area contributed by atoms with E-state index < -0.39 is 5.72 Å². The molecule has 0 N–H and O–H groups in total. The summed E-state index contributed by atoms with van der Waals surface area (Å²) in [6.45, 7) is 3.55. The minimum atomic E-state index is -0.729. The lowest BCUT2D eigenvalue weighted by atomic mass is 9.64. The molecule has 0 radical (unpaired) electrons. The van der Waals surface area contributed by atoms with E-state index in [1.165, 1.54) is 41.3 Å². The van der Waals surface area contributed by atoms with Crippen molar-refractivity contribution in [2.75, 3.05) is 51.6 Å². The molecule has 1 fully saturated rings. The number of ether oxygens (including phenoxy) is 4. The number of hydrogen-bond donors (Lipinski definition) is 0. The summed E-state index contributed by atoms with van der Waals surface area (Å²) in [5.74, 6) is 0.886. The summed E-state index contributed by atoms with van der Waals surface area (Å²) in [6.07, 6.45) is 7.90. The molecule has 2 heterocycles. The molecule has 4 aromatic carbocycles. The second-order valence-electron chi connectivity index (χ2n) is 11.4. The Balaban J connectivity index is 1.30. The first-order valence-electron chi connectivity index (χ1n) is 15.0. The van der Waals surface area contributed by atoms with E-state index in [1.54, 1.807) is 7.11 Å². The Bertz CT molecular complexity index is 1580. The van der Waals surface area contributed by atoms with Crippen molar-refractivity contribution >= 4 is 39.1 Å². The number of hydrogen-bond acceptors (Lipinski definition) is 6. The molecule has 1 unspecified atom stereocenters. The highest BCUT2D eigenvalue weighted by Gasteiger charge is 2.64. The van der Waals surface area contributed by atoms with Crippen LogP contribution in [0.5, 0.6) is 5.75 Å². The standard InChI is InChI=1S/C35H38N2O4/c1-38-21-22-40-24-23-39-20-19-37-31-16-8-7-15-30(31)34(17-9-2-10-18-34)35(37)25-36-32-28-13-5-3-11-26(28)27-12-4-6-14-29(27)33(32)41-35/h3-8,11-16,25H,2,9-10,17-24H2,1H3. The Morgan fingerprint density at radius 3 is 2.15 bits per heavy atom. The minimum Gasteiger partial charge on any atom is -0.459 e. The van der Waals surface area contributed by atoms with Gasteiger partial charge in [0.2, 0.25) is 5.72 Å². The number of fused-ring (bicyclic) bond motifs is 9. The average Bonchev–Trinajstić information content (AvgIpc) is 3.23. The molecule has 0 amide bonds. The van der Waals surface area contributed by atoms with Crippen molar-refractivity contribution in [1.29, 1.82) is 0 Å². The summed E-state index contributed by atoms with van der Waals surface area (Å²) in [5, 5.41) is 4.65. The average molecular weight is 551 g/mol. The fourth-order valence-electron chi connectivity index (χ4n) is 7.44. The van der Waals surface area contributed by atoms with Crippen molar-refractivity contribution in [3.8, 4) is 5.75 Å². The van der Waals surface area contributed by atoms with Crippen LogP contribution in [0.3, 0.4) is 0 Å². The second-order valence-corrected chi connectivity index (χ2v) is 11.4. The number of methoxy groups -OCH3 is 1. The minimum absolute atomic E-state index is 0.182. The van der Waals surface area contributed by atoms with Gasteiger partial charge < -0.3 is 23.8 Å². The summed E-state index contributed by atoms with van der Waals surface area (Å²) in [5.41, 5.74) is 2.63. The van der Waals surface area contributed by atoms with E-state index in [0.717, 1.165) is 35.1 Å². The van der Waals surface area contributed by atoms with E-state index in [9.17, 15) is 0 Å². The van der Waals surface area contributed by atoms with Crippen LogP contribution >= 0.6 is 0 Å². The summed E-state index contributed by atoms with van der Waals surface area (Å²) < 4.78 is 24.3. The number of nitrogens with zero attached hydrogens (tertiary/aromatic N) is 2. The first-order valence-corrected chi connectivity index (χ1v) is 15.0. The zero-order valence-electron chi connectivity index (χ0n) is 23.8. The van der Waals surface area contributed by atoms with E-state index in [2.05, 4.69) is 83.9 Å². The highest BCUT2D eigenvalue weighted by Crippen LogP contribution is 2.61. The molecule has 2 aliphatic heterocycles. The van der Waals surface area contributed by atoms with Crippen molar-refractivity contribution < 1.29 is 18.9 Å². The van der Waals surface area contributed by atoms with Crippen LogP contribution in [0.4, 0.5) is 11.4 Å². The molecule has 7 rings (SSSR count). The maximum Gasteiger partial charge on any atom is 0.229 e. The Hall–Kier alpha value is -3.45. The lowest BCUT2D eigenvalue weighted by Crippen LogP contribution is -2.65. The molecule has 0 aromatic heterocycles. The van der Waals surface area contributed by atoms with Crippen LogP contribution < -0.4 is 9.64 Å². The fourth-order valence-corrected chi connectivity index (χ4v) is 7.44. The molecule has 1 atom stereocenters. The largest absolute Gasteiger partial charge is 0.459 e. The maximum atomic E-state index is 7.50. The molecule has 212 valence electrons. The fraction of sp³-hybridized carbons (Fsp3) is 0.400. The zero-order valence-corrected chi connectivity index (χ0v) is 23.8. The summed E-state index contributed by atoms with van der Waals surface area (Å²) >= 11 is 0. The van der Waals surface area contributed by atoms with Gasteiger partial charge in [0, 0.05) is 30.1 Å². The Labute approximate surface area is 241 Å². The molecular formula is C35H38N2O4. The van der Waals surface area contributed by atoms with E-state index >= 15 is 0 Å². The highest BCUT2D eigenvalue weighted by molar-refractivity contribution is 6.17. The maximum absolute atomic E-state index is 7.50. The van der Waals surface area contributed by atoms with Crippen LogP contribution in [0.2, 0.25) is 0 Å². The molecule has 3 aliphatic rings. The summed E-state index contributed by atoms with van der Waals surface area (Å²) in [7, 11) is 1.68. The molecule has 1 saturated carbocycles. The van der Waals surface area contributed by atoms with Crippen molar-refractivity contribution in [2.45, 2.75) is 43.2 Å². The van der Waals surface area contributed by atoms with Gasteiger partial charge in [-0.05, 0) is 35.2 Å². The van der Waals surface area contributed by atoms with Crippen molar-refractivity contribution in [3.05, 3.63) is 78.4 Å². The van der Waals surface area contributed by atoms with Crippen LogP contribution in [-0.4, -0.2) is 58.6 Å². The molecule has 6 heteroatoms. The van der Waals surface area contributed by atoms with Crippen LogP contribution in [0, 0.1) is 0 Å². The van der Waals surface area contributed by atoms with E-state index in [-0.39, 0.29) is 5.41 Å². The van der Waals surface area contributed by atoms with Gasteiger partial charge in [-0.25, -0.2) is 0 Å². The van der Waals surface area contributed by atoms with Gasteiger partial charge in [-0.3, -0.25) is 4.99 Å². The van der Waals surface area contributed by atoms with Gasteiger partial charge in [-0.2, -0.15) is 0 Å². The quantitative estimate of drug-likeness (QED) is 0.163. The summed E-state index contributed by atoms with van der Waals surface area (Å²) in [4.78, 5) is 7.75. The van der Waals surface area contributed by atoms with E-state index in [1.807, 2.05) is 0 Å². The van der Waals surface area contributed by atoms with Crippen LogP contribution in [0.1, 0.15) is 37.7 Å². The van der Waals surface area contributed by atoms with Gasteiger partial charge in [0.05, 0.1) is 44.7 Å². The van der Waals surface area contributed by atoms with Gasteiger partial charge in [-0.1, -0.05) is 86.0 Å². The predicted molar refractivity (Wildman–Crippen MR) is 165 cm³/mol. The third kappa shape index (κ3) is 4.23. The molecule has 0 bridgehead atoms. The molecular weight excluding hydrogens is 512 g/mol. The van der Waals surface area contributed by atoms with Crippen molar-refractivity contribution in [3.63, 3.8) is 0 Å². The molecule has 1 aliphatic carbocycles. The highest BCUT2D eigenvalue weighted by atomic mass is 16.5. The SMILES string of the molecule is COCCOCCOCCN1c2ccccc2C2(CCCCC2)C12C=Nc1c(c3ccccc3c3ccccc13)O2. The molecule has 4 aromatic rings. The Morgan fingerprint density at radius 1 is 0.732 bits per heavy atom. The predicted octanol–water partition coefficient (Wildman–Crippen LogP) is 7.19. The van der Waals surface area contributed by atoms with Crippen LogP contribution in [0.15, 0.2) is 77.8 Å². The number of rotatable bonds is 9. The van der Waals surface area contributed by atoms with Gasteiger partial charge in [0.15, 0.2) is 5.75 Å². The summed E-state index contributed by atoms with van der Waals surface area (Å²) in [6, 6.07) is 26.0. The number of benzene rings is 4. The monoisotopic (exact) mass is 550 g/mol.